The van der Waals surface area contributed by atoms with Gasteiger partial charge in [0.25, 0.3) is 5.91 Å². The number of carbonyl (C=O) groups excluding carboxylic acids is 3. The fourth-order valence-corrected chi connectivity index (χ4v) is 4.39. The predicted octanol–water partition coefficient (Wildman–Crippen LogP) is 3.63. The molecule has 0 radical (unpaired) electrons. The van der Waals surface area contributed by atoms with E-state index < -0.39 is 30.2 Å². The number of esters is 1. The lowest BCUT2D eigenvalue weighted by atomic mass is 9.77. The Bertz CT molecular complexity index is 803. The smallest absolute Gasteiger partial charge is 0.311 e. The summed E-state index contributed by atoms with van der Waals surface area (Å²) in [4.78, 5) is 38.6. The molecule has 2 aliphatic rings. The number of likely N-dealkylation sites (tertiary alicyclic amines) is 1. The summed E-state index contributed by atoms with van der Waals surface area (Å²) in [6.45, 7) is 4.15. The van der Waals surface area contributed by atoms with Crippen molar-refractivity contribution in [3.8, 4) is 0 Å². The van der Waals surface area contributed by atoms with E-state index in [9.17, 15) is 18.8 Å². The standard InChI is InChI=1S/C21H26ClFN2O4/c1-12-4-3-5-18(13(12)2)25-10-14(8-20(25)27)21(28)29-11-19(26)24-17-7-6-15(22)9-16(17)23/h6-7,9,12-14,18H,3-5,8,10-11H2,1-2H3,(H,24,26)/t12-,13-,14-,18+/m1/s1. The quantitative estimate of drug-likeness (QED) is 0.732. The molecule has 6 nitrogen and oxygen atoms in total. The molecule has 2 amide bonds. The minimum absolute atomic E-state index is 0.0365. The van der Waals surface area contributed by atoms with Crippen LogP contribution in [-0.4, -0.2) is 41.9 Å². The number of anilines is 1. The van der Waals surface area contributed by atoms with Crippen molar-refractivity contribution >= 4 is 35.1 Å². The first-order chi connectivity index (χ1) is 13.8. The third-order valence-corrected chi connectivity index (χ3v) is 6.34. The van der Waals surface area contributed by atoms with Crippen molar-refractivity contribution < 1.29 is 23.5 Å². The third-order valence-electron chi connectivity index (χ3n) is 6.11. The molecule has 0 aromatic heterocycles. The van der Waals surface area contributed by atoms with Crippen LogP contribution in [0.4, 0.5) is 10.1 Å². The first-order valence-corrected chi connectivity index (χ1v) is 10.3. The van der Waals surface area contributed by atoms with E-state index in [0.29, 0.717) is 18.4 Å². The fraction of sp³-hybridized carbons (Fsp3) is 0.571. The van der Waals surface area contributed by atoms with E-state index in [2.05, 4.69) is 19.2 Å². The maximum absolute atomic E-state index is 13.7. The summed E-state index contributed by atoms with van der Waals surface area (Å²) in [7, 11) is 0. The van der Waals surface area contributed by atoms with Gasteiger partial charge in [-0.1, -0.05) is 38.3 Å². The molecular weight excluding hydrogens is 399 g/mol. The Labute approximate surface area is 174 Å². The molecule has 2 fully saturated rings. The number of rotatable bonds is 5. The molecule has 1 aromatic rings. The maximum Gasteiger partial charge on any atom is 0.311 e. The second kappa shape index (κ2) is 9.11. The van der Waals surface area contributed by atoms with Crippen LogP contribution >= 0.6 is 11.6 Å². The summed E-state index contributed by atoms with van der Waals surface area (Å²) in [5.74, 6) is -1.59. The SMILES string of the molecule is C[C@@H]1[C@H](C)CCC[C@@H]1N1C[C@H](C(=O)OCC(=O)Nc2ccc(Cl)cc2F)CC1=O. The van der Waals surface area contributed by atoms with Gasteiger partial charge in [0.2, 0.25) is 5.91 Å². The second-order valence-corrected chi connectivity index (χ2v) is 8.50. The highest BCUT2D eigenvalue weighted by Crippen LogP contribution is 2.35. The number of nitrogens with zero attached hydrogens (tertiary/aromatic N) is 1. The molecule has 4 atom stereocenters. The van der Waals surface area contributed by atoms with Crippen molar-refractivity contribution in [2.45, 2.75) is 45.6 Å². The van der Waals surface area contributed by atoms with Gasteiger partial charge in [-0.2, -0.15) is 0 Å². The van der Waals surface area contributed by atoms with Crippen LogP contribution in [-0.2, 0) is 19.1 Å². The molecule has 1 heterocycles. The lowest BCUT2D eigenvalue weighted by Gasteiger charge is -2.39. The molecule has 158 valence electrons. The number of benzene rings is 1. The summed E-state index contributed by atoms with van der Waals surface area (Å²) in [6, 6.07) is 4.00. The van der Waals surface area contributed by atoms with Crippen LogP contribution in [0.5, 0.6) is 0 Å². The Morgan fingerprint density at radius 1 is 1.31 bits per heavy atom. The summed E-state index contributed by atoms with van der Waals surface area (Å²) in [5, 5.41) is 2.55. The van der Waals surface area contributed by atoms with E-state index in [-0.39, 0.29) is 29.1 Å². The number of halogens is 2. The van der Waals surface area contributed by atoms with Crippen molar-refractivity contribution in [3.05, 3.63) is 29.0 Å². The molecule has 1 aromatic carbocycles. The third kappa shape index (κ3) is 5.07. The average Bonchev–Trinajstić information content (AvgIpc) is 3.06. The van der Waals surface area contributed by atoms with Gasteiger partial charge in [0.15, 0.2) is 6.61 Å². The van der Waals surface area contributed by atoms with E-state index >= 15 is 0 Å². The van der Waals surface area contributed by atoms with Crippen molar-refractivity contribution in [1.29, 1.82) is 0 Å². The normalized spacial score (nSPS) is 27.0. The molecule has 1 saturated heterocycles. The van der Waals surface area contributed by atoms with Crippen LogP contribution in [0.25, 0.3) is 0 Å². The van der Waals surface area contributed by atoms with Crippen molar-refractivity contribution in [2.24, 2.45) is 17.8 Å². The van der Waals surface area contributed by atoms with E-state index in [0.717, 1.165) is 25.3 Å². The maximum atomic E-state index is 13.7. The molecule has 8 heteroatoms. The molecule has 1 N–H and O–H groups in total. The number of amides is 2. The van der Waals surface area contributed by atoms with Crippen LogP contribution in [0.3, 0.4) is 0 Å². The molecule has 3 rings (SSSR count). The Morgan fingerprint density at radius 2 is 2.07 bits per heavy atom. The summed E-state index contributed by atoms with van der Waals surface area (Å²) < 4.78 is 18.8. The first-order valence-electron chi connectivity index (χ1n) is 9.97. The van der Waals surface area contributed by atoms with Gasteiger partial charge in [-0.15, -0.1) is 0 Å². The zero-order valence-electron chi connectivity index (χ0n) is 16.6. The van der Waals surface area contributed by atoms with Gasteiger partial charge in [0.1, 0.15) is 5.82 Å². The van der Waals surface area contributed by atoms with Gasteiger partial charge < -0.3 is 15.0 Å². The highest BCUT2D eigenvalue weighted by atomic mass is 35.5. The predicted molar refractivity (Wildman–Crippen MR) is 107 cm³/mol. The summed E-state index contributed by atoms with van der Waals surface area (Å²) in [5.41, 5.74) is -0.0434. The van der Waals surface area contributed by atoms with E-state index in [4.69, 9.17) is 16.3 Å². The average molecular weight is 425 g/mol. The molecule has 0 spiro atoms. The Balaban J connectivity index is 1.51. The first kappa shape index (κ1) is 21.6. The zero-order valence-corrected chi connectivity index (χ0v) is 17.4. The largest absolute Gasteiger partial charge is 0.455 e. The van der Waals surface area contributed by atoms with Crippen molar-refractivity contribution in [1.82, 2.24) is 4.90 Å². The number of hydrogen-bond donors (Lipinski definition) is 1. The van der Waals surface area contributed by atoms with Crippen LogP contribution in [0.2, 0.25) is 5.02 Å². The van der Waals surface area contributed by atoms with Gasteiger partial charge >= 0.3 is 5.97 Å². The second-order valence-electron chi connectivity index (χ2n) is 8.06. The van der Waals surface area contributed by atoms with Gasteiger partial charge in [0, 0.05) is 24.0 Å². The molecule has 0 unspecified atom stereocenters. The zero-order chi connectivity index (χ0) is 21.1. The summed E-state index contributed by atoms with van der Waals surface area (Å²) in [6.07, 6.45) is 3.29. The topological polar surface area (TPSA) is 75.7 Å². The highest BCUT2D eigenvalue weighted by Gasteiger charge is 2.42. The van der Waals surface area contributed by atoms with Crippen LogP contribution in [0.15, 0.2) is 18.2 Å². The van der Waals surface area contributed by atoms with Crippen LogP contribution in [0.1, 0.15) is 39.5 Å². The minimum Gasteiger partial charge on any atom is -0.455 e. The van der Waals surface area contributed by atoms with Crippen LogP contribution < -0.4 is 5.32 Å². The van der Waals surface area contributed by atoms with Gasteiger partial charge in [-0.25, -0.2) is 4.39 Å². The Kier molecular flexibility index (Phi) is 6.77. The van der Waals surface area contributed by atoms with Gasteiger partial charge in [-0.3, -0.25) is 14.4 Å². The van der Waals surface area contributed by atoms with E-state index in [1.54, 1.807) is 0 Å². The molecule has 0 bridgehead atoms. The summed E-state index contributed by atoms with van der Waals surface area (Å²) >= 11 is 5.67. The van der Waals surface area contributed by atoms with Crippen LogP contribution in [0, 0.1) is 23.6 Å². The molecular formula is C21H26ClFN2O4. The Hall–Kier alpha value is -2.15. The van der Waals surface area contributed by atoms with E-state index in [1.165, 1.54) is 12.1 Å². The molecule has 1 aliphatic heterocycles. The lowest BCUT2D eigenvalue weighted by molar-refractivity contribution is -0.151. The number of hydrogen-bond acceptors (Lipinski definition) is 4. The van der Waals surface area contributed by atoms with Crippen molar-refractivity contribution in [2.75, 3.05) is 18.5 Å². The van der Waals surface area contributed by atoms with Gasteiger partial charge in [-0.05, 0) is 36.5 Å². The number of ether oxygens (including phenoxy) is 1. The molecule has 1 aliphatic carbocycles. The van der Waals surface area contributed by atoms with Crippen molar-refractivity contribution in [3.63, 3.8) is 0 Å². The van der Waals surface area contributed by atoms with E-state index in [1.807, 2.05) is 4.90 Å². The monoisotopic (exact) mass is 424 g/mol. The molecule has 29 heavy (non-hydrogen) atoms. The highest BCUT2D eigenvalue weighted by molar-refractivity contribution is 6.30. The lowest BCUT2D eigenvalue weighted by Crippen LogP contribution is -2.45. The van der Waals surface area contributed by atoms with Gasteiger partial charge in [0.05, 0.1) is 11.6 Å². The minimum atomic E-state index is -0.676. The molecule has 1 saturated carbocycles. The fourth-order valence-electron chi connectivity index (χ4n) is 4.24. The Morgan fingerprint density at radius 3 is 2.79 bits per heavy atom. The number of carbonyl (C=O) groups is 3. The number of nitrogens with one attached hydrogen (secondary N) is 1.